The number of halogens is 1. The Bertz CT molecular complexity index is 1160. The fourth-order valence-corrected chi connectivity index (χ4v) is 4.06. The Morgan fingerprint density at radius 3 is 2.24 bits per heavy atom. The molecular formula is C24H21FN2O6. The summed E-state index contributed by atoms with van der Waals surface area (Å²) in [5, 5.41) is 33.6. The molecule has 4 rings (SSSR count). The van der Waals surface area contributed by atoms with Crippen LogP contribution in [0.4, 0.5) is 14.9 Å². The Morgan fingerprint density at radius 2 is 1.64 bits per heavy atom. The third-order valence-corrected chi connectivity index (χ3v) is 5.69. The fraction of sp³-hybridized carbons (Fsp3) is 0.208. The van der Waals surface area contributed by atoms with E-state index in [-0.39, 0.29) is 12.5 Å². The van der Waals surface area contributed by atoms with Crippen molar-refractivity contribution in [3.05, 3.63) is 99.4 Å². The molecule has 8 nitrogen and oxygen atoms in total. The molecule has 9 heteroatoms. The van der Waals surface area contributed by atoms with Crippen LogP contribution in [0.1, 0.15) is 28.7 Å². The molecule has 33 heavy (non-hydrogen) atoms. The normalized spacial score (nSPS) is 14.2. The average molecular weight is 452 g/mol. The monoisotopic (exact) mass is 452 g/mol. The highest BCUT2D eigenvalue weighted by Crippen LogP contribution is 2.44. The number of fused-ring (bicyclic) bond motifs is 3. The maximum atomic E-state index is 14.2. The molecule has 2 atom stereocenters. The van der Waals surface area contributed by atoms with E-state index < -0.39 is 46.8 Å². The zero-order chi connectivity index (χ0) is 23.5. The van der Waals surface area contributed by atoms with Gasteiger partial charge in [0.1, 0.15) is 18.8 Å². The molecule has 0 aromatic heterocycles. The van der Waals surface area contributed by atoms with Gasteiger partial charge in [-0.25, -0.2) is 4.79 Å². The zero-order valence-corrected chi connectivity index (χ0v) is 17.3. The van der Waals surface area contributed by atoms with Crippen LogP contribution < -0.4 is 5.32 Å². The first-order valence-corrected chi connectivity index (χ1v) is 10.3. The van der Waals surface area contributed by atoms with Crippen LogP contribution in [0.15, 0.2) is 66.7 Å². The maximum absolute atomic E-state index is 14.2. The molecule has 1 aliphatic rings. The van der Waals surface area contributed by atoms with Gasteiger partial charge >= 0.3 is 11.8 Å². The number of carbonyl (C=O) groups is 1. The maximum Gasteiger partial charge on any atom is 0.407 e. The third-order valence-electron chi connectivity index (χ3n) is 5.69. The van der Waals surface area contributed by atoms with Crippen LogP contribution in [0.3, 0.4) is 0 Å². The van der Waals surface area contributed by atoms with E-state index in [9.17, 15) is 29.5 Å². The van der Waals surface area contributed by atoms with E-state index in [2.05, 4.69) is 5.32 Å². The van der Waals surface area contributed by atoms with Gasteiger partial charge in [0.2, 0.25) is 5.82 Å². The number of alkyl carbamates (subject to hydrolysis) is 1. The molecule has 0 spiro atoms. The number of benzene rings is 3. The molecule has 1 amide bonds. The minimum atomic E-state index is -1.78. The Hall–Kier alpha value is -3.82. The van der Waals surface area contributed by atoms with Crippen molar-refractivity contribution in [3.63, 3.8) is 0 Å². The number of aliphatic hydroxyl groups is 2. The van der Waals surface area contributed by atoms with Gasteiger partial charge in [0.15, 0.2) is 0 Å². The smallest absolute Gasteiger partial charge is 0.407 e. The largest absolute Gasteiger partial charge is 0.449 e. The van der Waals surface area contributed by atoms with E-state index in [0.717, 1.165) is 34.4 Å². The fourth-order valence-electron chi connectivity index (χ4n) is 4.06. The van der Waals surface area contributed by atoms with E-state index >= 15 is 0 Å². The van der Waals surface area contributed by atoms with Crippen LogP contribution in [0.5, 0.6) is 0 Å². The summed E-state index contributed by atoms with van der Waals surface area (Å²) < 4.78 is 19.6. The molecule has 3 N–H and O–H groups in total. The second kappa shape index (κ2) is 9.35. The summed E-state index contributed by atoms with van der Waals surface area (Å²) >= 11 is 0. The first-order chi connectivity index (χ1) is 15.9. The van der Waals surface area contributed by atoms with E-state index in [1.165, 1.54) is 6.07 Å². The first kappa shape index (κ1) is 22.4. The number of nitrogens with zero attached hydrogens (tertiary/aromatic N) is 1. The van der Waals surface area contributed by atoms with Gasteiger partial charge in [-0.2, -0.15) is 4.39 Å². The lowest BCUT2D eigenvalue weighted by molar-refractivity contribution is -0.387. The lowest BCUT2D eigenvalue weighted by atomic mass is 9.98. The summed E-state index contributed by atoms with van der Waals surface area (Å²) in [4.78, 5) is 22.1. The minimum absolute atomic E-state index is 0.0675. The molecule has 0 radical (unpaired) electrons. The van der Waals surface area contributed by atoms with Gasteiger partial charge in [0, 0.05) is 24.1 Å². The highest BCUT2D eigenvalue weighted by Gasteiger charge is 2.30. The molecule has 0 heterocycles. The molecule has 0 saturated carbocycles. The molecule has 1 aliphatic carbocycles. The van der Waals surface area contributed by atoms with Gasteiger partial charge in [-0.15, -0.1) is 0 Å². The summed E-state index contributed by atoms with van der Waals surface area (Å²) in [6.45, 7) is -0.377. The van der Waals surface area contributed by atoms with Gasteiger partial charge in [0.05, 0.1) is 4.92 Å². The third kappa shape index (κ3) is 4.41. The predicted molar refractivity (Wildman–Crippen MR) is 117 cm³/mol. The summed E-state index contributed by atoms with van der Waals surface area (Å²) in [7, 11) is 0. The summed E-state index contributed by atoms with van der Waals surface area (Å²) in [6, 6.07) is 19.0. The number of amides is 1. The van der Waals surface area contributed by atoms with Crippen LogP contribution in [0.25, 0.3) is 11.1 Å². The quantitative estimate of drug-likeness (QED) is 0.371. The number of aliphatic hydroxyl groups excluding tert-OH is 2. The van der Waals surface area contributed by atoms with Crippen molar-refractivity contribution in [3.8, 4) is 11.1 Å². The van der Waals surface area contributed by atoms with Gasteiger partial charge < -0.3 is 20.3 Å². The molecular weight excluding hydrogens is 431 g/mol. The molecule has 3 aromatic carbocycles. The average Bonchev–Trinajstić information content (AvgIpc) is 3.14. The van der Waals surface area contributed by atoms with Crippen molar-refractivity contribution in [1.29, 1.82) is 0 Å². The Morgan fingerprint density at radius 1 is 1.03 bits per heavy atom. The van der Waals surface area contributed by atoms with Crippen LogP contribution in [-0.4, -0.2) is 40.5 Å². The summed E-state index contributed by atoms with van der Waals surface area (Å²) in [6.07, 6.45) is -4.21. The first-order valence-electron chi connectivity index (χ1n) is 10.3. The molecule has 0 aliphatic heterocycles. The highest BCUT2D eigenvalue weighted by molar-refractivity contribution is 5.79. The van der Waals surface area contributed by atoms with E-state index in [4.69, 9.17) is 4.74 Å². The molecule has 170 valence electrons. The second-order valence-corrected chi connectivity index (χ2v) is 7.66. The second-order valence-electron chi connectivity index (χ2n) is 7.66. The lowest BCUT2D eigenvalue weighted by Gasteiger charge is -2.19. The number of ether oxygens (including phenoxy) is 1. The molecule has 0 bridgehead atoms. The van der Waals surface area contributed by atoms with Gasteiger partial charge in [-0.3, -0.25) is 10.1 Å². The van der Waals surface area contributed by atoms with Crippen molar-refractivity contribution in [2.24, 2.45) is 0 Å². The standard InChI is InChI=1S/C24H21FN2O6/c25-22-18(10-5-11-20(22)27(31)32)23(29)21(28)12-26-24(30)33-13-19-16-8-3-1-6-14(16)15-7-2-4-9-17(15)19/h1-11,19,21,23,28-29H,12-13H2,(H,26,30). The highest BCUT2D eigenvalue weighted by atomic mass is 19.1. The SMILES string of the molecule is O=C(NCC(O)C(O)c1cccc([N+](=O)[O-])c1F)OCC1c2ccccc2-c2ccccc21. The van der Waals surface area contributed by atoms with Crippen LogP contribution in [0.2, 0.25) is 0 Å². The van der Waals surface area contributed by atoms with Crippen molar-refractivity contribution in [2.45, 2.75) is 18.1 Å². The van der Waals surface area contributed by atoms with Crippen LogP contribution in [0, 0.1) is 15.9 Å². The summed E-state index contributed by atoms with van der Waals surface area (Å²) in [5.41, 5.74) is 3.00. The number of rotatable bonds is 7. The number of carbonyl (C=O) groups excluding carboxylic acids is 1. The van der Waals surface area contributed by atoms with Crippen LogP contribution in [-0.2, 0) is 4.74 Å². The number of hydrogen-bond acceptors (Lipinski definition) is 6. The lowest BCUT2D eigenvalue weighted by Crippen LogP contribution is -2.36. The molecule has 2 unspecified atom stereocenters. The van der Waals surface area contributed by atoms with Crippen molar-refractivity contribution >= 4 is 11.8 Å². The topological polar surface area (TPSA) is 122 Å². The van der Waals surface area contributed by atoms with Crippen LogP contribution >= 0.6 is 0 Å². The van der Waals surface area contributed by atoms with Crippen molar-refractivity contribution in [2.75, 3.05) is 13.2 Å². The molecule has 0 saturated heterocycles. The van der Waals surface area contributed by atoms with Gasteiger partial charge in [-0.1, -0.05) is 60.7 Å². The number of hydrogen-bond donors (Lipinski definition) is 3. The zero-order valence-electron chi connectivity index (χ0n) is 17.3. The minimum Gasteiger partial charge on any atom is -0.449 e. The van der Waals surface area contributed by atoms with Crippen molar-refractivity contribution < 1.29 is 29.1 Å². The Labute approximate surface area is 188 Å². The number of nitro benzene ring substituents is 1. The van der Waals surface area contributed by atoms with Gasteiger partial charge in [-0.05, 0) is 22.3 Å². The van der Waals surface area contributed by atoms with Crippen molar-refractivity contribution in [1.82, 2.24) is 5.32 Å². The van der Waals surface area contributed by atoms with E-state index in [1.807, 2.05) is 48.5 Å². The number of nitro groups is 1. The Kier molecular flexibility index (Phi) is 6.34. The van der Waals surface area contributed by atoms with E-state index in [1.54, 1.807) is 0 Å². The van der Waals surface area contributed by atoms with Gasteiger partial charge in [0.25, 0.3) is 0 Å². The van der Waals surface area contributed by atoms with E-state index in [0.29, 0.717) is 0 Å². The molecule has 3 aromatic rings. The predicted octanol–water partition coefficient (Wildman–Crippen LogP) is 3.67. The molecule has 0 fully saturated rings. The number of nitrogens with one attached hydrogen (secondary N) is 1. The Balaban J connectivity index is 1.36. The summed E-state index contributed by atoms with van der Waals surface area (Å²) in [5.74, 6) is -1.38.